The van der Waals surface area contributed by atoms with E-state index in [0.29, 0.717) is 13.0 Å². The lowest BCUT2D eigenvalue weighted by molar-refractivity contribution is -0.118. The molecule has 0 fully saturated rings. The van der Waals surface area contributed by atoms with E-state index in [1.54, 1.807) is 0 Å². The van der Waals surface area contributed by atoms with Gasteiger partial charge in [0.25, 0.3) is 0 Å². The molecule has 0 unspecified atom stereocenters. The first-order valence-corrected chi connectivity index (χ1v) is 12.9. The van der Waals surface area contributed by atoms with Crippen LogP contribution in [-0.2, 0) is 4.79 Å². The third-order valence-electron chi connectivity index (χ3n) is 6.03. The van der Waals surface area contributed by atoms with Crippen LogP contribution in [0.25, 0.3) is 17.5 Å². The van der Waals surface area contributed by atoms with Crippen LogP contribution in [-0.4, -0.2) is 28.2 Å². The monoisotopic (exact) mass is 464 g/mol. The molecule has 0 aliphatic carbocycles. The van der Waals surface area contributed by atoms with Gasteiger partial charge in [0.15, 0.2) is 0 Å². The number of carbonyl (C=O) groups excluding carboxylic acids is 1. The van der Waals surface area contributed by atoms with Gasteiger partial charge in [0, 0.05) is 24.4 Å². The van der Waals surface area contributed by atoms with Crippen LogP contribution in [0.4, 0.5) is 0 Å². The zero-order valence-electron chi connectivity index (χ0n) is 20.6. The van der Waals surface area contributed by atoms with Gasteiger partial charge in [-0.05, 0) is 56.0 Å². The molecule has 2 aromatic heterocycles. The number of amides is 1. The second kappa shape index (κ2) is 14.3. The SMILES string of the molecule is CCCOc1cc(-c2ccc[nH]2)[nH]c1/C=C1\C=CC(CCCCCCCCCCCC(N)=O)=N1. The Kier molecular flexibility index (Phi) is 10.8. The molecule has 0 aromatic carbocycles. The van der Waals surface area contributed by atoms with Crippen molar-refractivity contribution >= 4 is 17.7 Å². The molecule has 1 aliphatic heterocycles. The van der Waals surface area contributed by atoms with Crippen molar-refractivity contribution in [2.75, 3.05) is 6.61 Å². The normalized spacial score (nSPS) is 14.1. The van der Waals surface area contributed by atoms with Gasteiger partial charge in [-0.25, -0.2) is 0 Å². The molecule has 0 radical (unpaired) electrons. The van der Waals surface area contributed by atoms with Crippen LogP contribution >= 0.6 is 0 Å². The van der Waals surface area contributed by atoms with Gasteiger partial charge >= 0.3 is 0 Å². The number of rotatable bonds is 17. The molecule has 3 heterocycles. The molecule has 184 valence electrons. The smallest absolute Gasteiger partial charge is 0.217 e. The number of aromatic amines is 2. The van der Waals surface area contributed by atoms with E-state index in [1.807, 2.05) is 18.3 Å². The highest BCUT2D eigenvalue weighted by atomic mass is 16.5. The van der Waals surface area contributed by atoms with Crippen molar-refractivity contribution in [3.63, 3.8) is 0 Å². The van der Waals surface area contributed by atoms with Crippen LogP contribution in [0.1, 0.15) is 89.7 Å². The second-order valence-corrected chi connectivity index (χ2v) is 9.05. The molecule has 34 heavy (non-hydrogen) atoms. The Labute approximate surface area is 203 Å². The molecule has 6 heteroatoms. The number of nitrogens with zero attached hydrogens (tertiary/aromatic N) is 1. The minimum Gasteiger partial charge on any atom is -0.491 e. The molecule has 4 N–H and O–H groups in total. The van der Waals surface area contributed by atoms with Crippen LogP contribution < -0.4 is 10.5 Å². The van der Waals surface area contributed by atoms with Gasteiger partial charge in [-0.15, -0.1) is 0 Å². The quantitative estimate of drug-likeness (QED) is 0.221. The fourth-order valence-corrected chi connectivity index (χ4v) is 4.17. The molecule has 0 atom stereocenters. The van der Waals surface area contributed by atoms with E-state index < -0.39 is 0 Å². The summed E-state index contributed by atoms with van der Waals surface area (Å²) in [6, 6.07) is 6.09. The summed E-state index contributed by atoms with van der Waals surface area (Å²) in [6.45, 7) is 2.81. The van der Waals surface area contributed by atoms with E-state index in [9.17, 15) is 4.79 Å². The number of hydrogen-bond donors (Lipinski definition) is 3. The molecule has 3 rings (SSSR count). The van der Waals surface area contributed by atoms with Crippen molar-refractivity contribution in [2.24, 2.45) is 10.7 Å². The van der Waals surface area contributed by atoms with E-state index in [4.69, 9.17) is 15.5 Å². The molecule has 1 amide bonds. The summed E-state index contributed by atoms with van der Waals surface area (Å²) in [5.41, 5.74) is 10.3. The summed E-state index contributed by atoms with van der Waals surface area (Å²) < 4.78 is 5.97. The van der Waals surface area contributed by atoms with Gasteiger partial charge in [0.05, 0.1) is 29.4 Å². The average molecular weight is 465 g/mol. The fourth-order valence-electron chi connectivity index (χ4n) is 4.17. The number of ether oxygens (including phenoxy) is 1. The third kappa shape index (κ3) is 8.73. The van der Waals surface area contributed by atoms with Crippen molar-refractivity contribution in [2.45, 2.75) is 84.0 Å². The maximum atomic E-state index is 10.7. The Morgan fingerprint density at radius 2 is 1.76 bits per heavy atom. The highest BCUT2D eigenvalue weighted by Gasteiger charge is 2.12. The molecular weight excluding hydrogens is 424 g/mol. The number of aliphatic imine (C=N–C) groups is 1. The third-order valence-corrected chi connectivity index (χ3v) is 6.03. The molecule has 0 saturated heterocycles. The molecule has 0 saturated carbocycles. The van der Waals surface area contributed by atoms with Gasteiger partial charge in [0.2, 0.25) is 5.91 Å². The Balaban J connectivity index is 1.39. The number of unbranched alkanes of at least 4 members (excludes halogenated alkanes) is 8. The lowest BCUT2D eigenvalue weighted by Crippen LogP contribution is -2.09. The summed E-state index contributed by atoms with van der Waals surface area (Å²) in [5.74, 6) is 0.685. The number of nitrogens with two attached hydrogens (primary N) is 1. The van der Waals surface area contributed by atoms with Crippen LogP contribution in [0.15, 0.2) is 47.2 Å². The van der Waals surface area contributed by atoms with E-state index in [0.717, 1.165) is 59.9 Å². The second-order valence-electron chi connectivity index (χ2n) is 9.05. The van der Waals surface area contributed by atoms with Crippen molar-refractivity contribution in [3.8, 4) is 17.1 Å². The number of primary amides is 1. The highest BCUT2D eigenvalue weighted by molar-refractivity contribution is 5.99. The maximum Gasteiger partial charge on any atom is 0.217 e. The lowest BCUT2D eigenvalue weighted by atomic mass is 10.0. The lowest BCUT2D eigenvalue weighted by Gasteiger charge is -2.03. The van der Waals surface area contributed by atoms with Crippen LogP contribution in [0.3, 0.4) is 0 Å². The highest BCUT2D eigenvalue weighted by Crippen LogP contribution is 2.29. The number of H-pyrrole nitrogens is 2. The van der Waals surface area contributed by atoms with Gasteiger partial charge in [0.1, 0.15) is 5.75 Å². The number of allylic oxidation sites excluding steroid dienone is 2. The molecule has 0 spiro atoms. The number of nitrogens with one attached hydrogen (secondary N) is 2. The largest absolute Gasteiger partial charge is 0.491 e. The van der Waals surface area contributed by atoms with Crippen molar-refractivity contribution < 1.29 is 9.53 Å². The topological polar surface area (TPSA) is 96.3 Å². The Hall–Kier alpha value is -3.02. The number of hydrogen-bond acceptors (Lipinski definition) is 3. The fraction of sp³-hybridized carbons (Fsp3) is 0.500. The average Bonchev–Trinajstić information content (AvgIpc) is 3.58. The number of carbonyl (C=O) groups is 1. The summed E-state index contributed by atoms with van der Waals surface area (Å²) >= 11 is 0. The minimum absolute atomic E-state index is 0.180. The summed E-state index contributed by atoms with van der Waals surface area (Å²) in [5, 5.41) is 0. The van der Waals surface area contributed by atoms with Gasteiger partial charge in [-0.1, -0.05) is 51.9 Å². The van der Waals surface area contributed by atoms with E-state index >= 15 is 0 Å². The van der Waals surface area contributed by atoms with E-state index in [2.05, 4.69) is 41.2 Å². The van der Waals surface area contributed by atoms with E-state index in [1.165, 1.54) is 44.9 Å². The summed E-state index contributed by atoms with van der Waals surface area (Å²) in [4.78, 5) is 22.2. The first kappa shape index (κ1) is 25.6. The standard InChI is InChI=1S/C28H40N4O2/c1-2-19-34-27-21-25(24-14-12-18-30-24)32-26(27)20-23-17-16-22(31-23)13-10-8-6-4-3-5-7-9-11-15-28(29)33/h12,14,16-18,20-21,30,32H,2-11,13,15,19H2,1H3,(H2,29,33)/b23-20+. The van der Waals surface area contributed by atoms with Crippen LogP contribution in [0, 0.1) is 0 Å². The Bertz CT molecular complexity index is 967. The molecule has 1 aliphatic rings. The number of aromatic nitrogens is 2. The predicted octanol–water partition coefficient (Wildman–Crippen LogP) is 6.93. The predicted molar refractivity (Wildman–Crippen MR) is 141 cm³/mol. The van der Waals surface area contributed by atoms with Gasteiger partial charge < -0.3 is 20.4 Å². The molecular formula is C28H40N4O2. The van der Waals surface area contributed by atoms with Gasteiger partial charge in [-0.3, -0.25) is 9.79 Å². The first-order valence-electron chi connectivity index (χ1n) is 12.9. The first-order chi connectivity index (χ1) is 16.7. The Morgan fingerprint density at radius 3 is 2.44 bits per heavy atom. The summed E-state index contributed by atoms with van der Waals surface area (Å²) in [7, 11) is 0. The maximum absolute atomic E-state index is 10.7. The van der Waals surface area contributed by atoms with Crippen LogP contribution in [0.5, 0.6) is 5.75 Å². The molecule has 6 nitrogen and oxygen atoms in total. The van der Waals surface area contributed by atoms with Crippen molar-refractivity contribution in [1.29, 1.82) is 0 Å². The summed E-state index contributed by atoms with van der Waals surface area (Å²) in [6.07, 6.45) is 21.6. The van der Waals surface area contributed by atoms with E-state index in [-0.39, 0.29) is 5.91 Å². The zero-order chi connectivity index (χ0) is 24.0. The van der Waals surface area contributed by atoms with Crippen LogP contribution in [0.2, 0.25) is 0 Å². The van der Waals surface area contributed by atoms with Gasteiger partial charge in [-0.2, -0.15) is 0 Å². The molecule has 0 bridgehead atoms. The minimum atomic E-state index is -0.180. The van der Waals surface area contributed by atoms with Crippen molar-refractivity contribution in [3.05, 3.63) is 47.9 Å². The zero-order valence-corrected chi connectivity index (χ0v) is 20.6. The molecule has 2 aromatic rings. The Morgan fingerprint density at radius 1 is 1.03 bits per heavy atom. The van der Waals surface area contributed by atoms with Crippen molar-refractivity contribution in [1.82, 2.24) is 9.97 Å².